The highest BCUT2D eigenvalue weighted by Gasteiger charge is 2.57. The second-order valence-electron chi connectivity index (χ2n) is 10.2. The zero-order valence-electron chi connectivity index (χ0n) is 24.4. The molecular formula is C27H36O15. The molecule has 0 spiro atoms. The average molecular weight is 601 g/mol. The van der Waals surface area contributed by atoms with Crippen LogP contribution in [0.15, 0.2) is 11.8 Å². The van der Waals surface area contributed by atoms with Gasteiger partial charge in [-0.15, -0.1) is 0 Å². The van der Waals surface area contributed by atoms with E-state index in [4.69, 9.17) is 42.6 Å². The zero-order valence-corrected chi connectivity index (χ0v) is 24.4. The van der Waals surface area contributed by atoms with Crippen LogP contribution in [0.4, 0.5) is 0 Å². The van der Waals surface area contributed by atoms with Crippen molar-refractivity contribution in [3.05, 3.63) is 11.8 Å². The van der Waals surface area contributed by atoms with Crippen molar-refractivity contribution in [3.63, 3.8) is 0 Å². The van der Waals surface area contributed by atoms with Crippen molar-refractivity contribution < 1.29 is 71.4 Å². The third kappa shape index (κ3) is 7.76. The summed E-state index contributed by atoms with van der Waals surface area (Å²) in [6.45, 7) is 7.11. The molecule has 3 aliphatic rings. The van der Waals surface area contributed by atoms with Crippen LogP contribution in [-0.2, 0) is 71.4 Å². The fraction of sp³-hybridized carbons (Fsp3) is 0.704. The second-order valence-corrected chi connectivity index (χ2v) is 10.2. The first-order chi connectivity index (χ1) is 19.7. The van der Waals surface area contributed by atoms with Crippen molar-refractivity contribution in [2.24, 2.45) is 17.8 Å². The van der Waals surface area contributed by atoms with Gasteiger partial charge in [-0.25, -0.2) is 4.79 Å². The summed E-state index contributed by atoms with van der Waals surface area (Å²) in [5.74, 6) is -5.66. The van der Waals surface area contributed by atoms with E-state index in [2.05, 4.69) is 0 Å². The maximum atomic E-state index is 12.5. The molecule has 2 fully saturated rings. The smallest absolute Gasteiger partial charge is 0.337 e. The molecule has 0 N–H and O–H groups in total. The lowest BCUT2D eigenvalue weighted by Crippen LogP contribution is -2.63. The van der Waals surface area contributed by atoms with Gasteiger partial charge >= 0.3 is 35.8 Å². The fourth-order valence-corrected chi connectivity index (χ4v) is 5.57. The third-order valence-electron chi connectivity index (χ3n) is 7.14. The summed E-state index contributed by atoms with van der Waals surface area (Å²) in [6, 6.07) is 0. The average Bonchev–Trinajstić information content (AvgIpc) is 3.20. The van der Waals surface area contributed by atoms with Crippen LogP contribution in [0.25, 0.3) is 0 Å². The number of rotatable bonds is 9. The summed E-state index contributed by atoms with van der Waals surface area (Å²) in [5, 5.41) is 0. The summed E-state index contributed by atoms with van der Waals surface area (Å²) in [5.41, 5.74) is 0.213. The maximum Gasteiger partial charge on any atom is 0.337 e. The van der Waals surface area contributed by atoms with Crippen LogP contribution in [0.5, 0.6) is 0 Å². The van der Waals surface area contributed by atoms with E-state index in [1.807, 2.05) is 0 Å². The molecule has 1 saturated heterocycles. The largest absolute Gasteiger partial charge is 0.472 e. The SMILES string of the molecule is COC(=O)C1=CO[C@@H](O[C@@H]2O[C@H](COC(C)=O)[C@@H](OC(C)=O)[C@H](OC(C)=O)[C@H]2OC(C)=O)[C@@H]2[C@@H](C)[C@@H](OC(C)=O)C[C@@H]12. The number of esters is 6. The van der Waals surface area contributed by atoms with Gasteiger partial charge in [0.15, 0.2) is 18.3 Å². The molecule has 3 rings (SSSR count). The van der Waals surface area contributed by atoms with E-state index in [1.54, 1.807) is 6.92 Å². The minimum absolute atomic E-state index is 0.213. The van der Waals surface area contributed by atoms with Gasteiger partial charge in [-0.3, -0.25) is 24.0 Å². The Morgan fingerprint density at radius 1 is 0.786 bits per heavy atom. The van der Waals surface area contributed by atoms with Crippen molar-refractivity contribution in [1.29, 1.82) is 0 Å². The van der Waals surface area contributed by atoms with Crippen LogP contribution in [0.2, 0.25) is 0 Å². The highest BCUT2D eigenvalue weighted by molar-refractivity contribution is 5.89. The Labute approximate surface area is 242 Å². The van der Waals surface area contributed by atoms with E-state index < -0.39 is 97.4 Å². The molecule has 42 heavy (non-hydrogen) atoms. The zero-order chi connectivity index (χ0) is 31.3. The molecule has 0 amide bonds. The van der Waals surface area contributed by atoms with Gasteiger partial charge in [-0.05, 0) is 6.42 Å². The van der Waals surface area contributed by atoms with Gasteiger partial charge in [0.25, 0.3) is 0 Å². The molecule has 0 aromatic heterocycles. The van der Waals surface area contributed by atoms with Gasteiger partial charge in [-0.1, -0.05) is 6.92 Å². The quantitative estimate of drug-likeness (QED) is 0.266. The number of hydrogen-bond acceptors (Lipinski definition) is 15. The van der Waals surface area contributed by atoms with E-state index in [0.717, 1.165) is 27.7 Å². The molecule has 15 nitrogen and oxygen atoms in total. The van der Waals surface area contributed by atoms with Crippen LogP contribution in [0.1, 0.15) is 48.0 Å². The molecule has 234 valence electrons. The molecule has 0 radical (unpaired) electrons. The lowest BCUT2D eigenvalue weighted by Gasteiger charge is -2.46. The standard InChI is InChI=1S/C27H36O15/c1-11-19(37-13(3)29)8-17-18(25(33)34-7)9-36-26(21(11)17)42-27-24(40-16(6)32)23(39-15(5)31)22(38-14(4)30)20(41-27)10-35-12(2)28/h9,11,17,19-24,26-27H,8,10H2,1-7H3/t11-,17-,19-,20+,21+,22+,23-,24+,26-,27-/m0/s1. The Hall–Kier alpha value is -3.72. The molecule has 2 heterocycles. The van der Waals surface area contributed by atoms with Gasteiger partial charge in [-0.2, -0.15) is 0 Å². The number of fused-ring (bicyclic) bond motifs is 1. The van der Waals surface area contributed by atoms with Crippen molar-refractivity contribution in [2.75, 3.05) is 13.7 Å². The Balaban J connectivity index is 2.01. The number of carbonyl (C=O) groups is 6. The fourth-order valence-electron chi connectivity index (χ4n) is 5.57. The molecule has 2 aliphatic heterocycles. The predicted molar refractivity (Wildman–Crippen MR) is 134 cm³/mol. The van der Waals surface area contributed by atoms with Gasteiger partial charge in [0.2, 0.25) is 12.6 Å². The van der Waals surface area contributed by atoms with Gasteiger partial charge in [0.05, 0.1) is 18.9 Å². The van der Waals surface area contributed by atoms with Crippen LogP contribution < -0.4 is 0 Å². The highest BCUT2D eigenvalue weighted by atomic mass is 16.8. The highest BCUT2D eigenvalue weighted by Crippen LogP contribution is 2.49. The van der Waals surface area contributed by atoms with E-state index in [-0.39, 0.29) is 17.9 Å². The molecule has 10 atom stereocenters. The lowest BCUT2D eigenvalue weighted by atomic mass is 9.83. The summed E-state index contributed by atoms with van der Waals surface area (Å²) in [7, 11) is 1.22. The Kier molecular flexibility index (Phi) is 10.9. The molecule has 15 heteroatoms. The third-order valence-corrected chi connectivity index (χ3v) is 7.14. The maximum absolute atomic E-state index is 12.5. The molecule has 0 aromatic carbocycles. The van der Waals surface area contributed by atoms with E-state index >= 15 is 0 Å². The first-order valence-electron chi connectivity index (χ1n) is 13.3. The van der Waals surface area contributed by atoms with E-state index in [0.29, 0.717) is 0 Å². The van der Waals surface area contributed by atoms with Gasteiger partial charge in [0.1, 0.15) is 18.8 Å². The Bertz CT molecular complexity index is 1100. The van der Waals surface area contributed by atoms with Crippen molar-refractivity contribution in [1.82, 2.24) is 0 Å². The number of methoxy groups -OCH3 is 1. The normalized spacial score (nSPS) is 33.5. The van der Waals surface area contributed by atoms with E-state index in [9.17, 15) is 28.8 Å². The van der Waals surface area contributed by atoms with E-state index in [1.165, 1.54) is 20.3 Å². The lowest BCUT2D eigenvalue weighted by molar-refractivity contribution is -0.345. The number of hydrogen-bond donors (Lipinski definition) is 0. The van der Waals surface area contributed by atoms with Gasteiger partial charge < -0.3 is 42.6 Å². The minimum Gasteiger partial charge on any atom is -0.472 e. The van der Waals surface area contributed by atoms with Gasteiger partial charge in [0, 0.05) is 52.4 Å². The Morgan fingerprint density at radius 3 is 1.90 bits per heavy atom. The second kappa shape index (κ2) is 14.0. The van der Waals surface area contributed by atoms with Crippen molar-refractivity contribution in [2.45, 2.75) is 91.1 Å². The van der Waals surface area contributed by atoms with Crippen LogP contribution in [-0.4, -0.2) is 92.6 Å². The minimum atomic E-state index is -1.51. The molecular weight excluding hydrogens is 564 g/mol. The number of ether oxygens (including phenoxy) is 9. The van der Waals surface area contributed by atoms with Crippen molar-refractivity contribution >= 4 is 35.8 Å². The topological polar surface area (TPSA) is 185 Å². The number of carbonyl (C=O) groups excluding carboxylic acids is 6. The summed E-state index contributed by atoms with van der Waals surface area (Å²) >= 11 is 0. The summed E-state index contributed by atoms with van der Waals surface area (Å²) in [4.78, 5) is 72.1. The van der Waals surface area contributed by atoms with Crippen LogP contribution in [0, 0.1) is 17.8 Å². The molecule has 0 unspecified atom stereocenters. The monoisotopic (exact) mass is 600 g/mol. The Morgan fingerprint density at radius 2 is 1.36 bits per heavy atom. The molecule has 1 saturated carbocycles. The molecule has 1 aliphatic carbocycles. The van der Waals surface area contributed by atoms with Crippen LogP contribution >= 0.6 is 0 Å². The first-order valence-corrected chi connectivity index (χ1v) is 13.3. The van der Waals surface area contributed by atoms with Crippen molar-refractivity contribution in [3.8, 4) is 0 Å². The molecule has 0 aromatic rings. The molecule has 0 bridgehead atoms. The summed E-state index contributed by atoms with van der Waals surface area (Å²) < 4.78 is 49.8. The van der Waals surface area contributed by atoms with Crippen LogP contribution in [0.3, 0.4) is 0 Å². The predicted octanol–water partition coefficient (Wildman–Crippen LogP) is 0.703. The summed E-state index contributed by atoms with van der Waals surface area (Å²) in [6.07, 6.45) is -7.30. The first kappa shape index (κ1) is 32.8.